The minimum absolute atomic E-state index is 0.136. The van der Waals surface area contributed by atoms with Gasteiger partial charge in [-0.2, -0.15) is 5.10 Å². The minimum Gasteiger partial charge on any atom is -0.384 e. The number of ether oxygens (including phenoxy) is 1. The summed E-state index contributed by atoms with van der Waals surface area (Å²) in [4.78, 5) is 19.1. The maximum atomic E-state index is 12.8. The largest absolute Gasteiger partial charge is 0.384 e. The van der Waals surface area contributed by atoms with E-state index < -0.39 is 0 Å². The van der Waals surface area contributed by atoms with Crippen molar-refractivity contribution in [3.63, 3.8) is 0 Å². The van der Waals surface area contributed by atoms with Gasteiger partial charge in [-0.05, 0) is 36.4 Å². The molecule has 0 unspecified atom stereocenters. The zero-order valence-corrected chi connectivity index (χ0v) is 20.4. The van der Waals surface area contributed by atoms with Gasteiger partial charge in [0.1, 0.15) is 0 Å². The van der Waals surface area contributed by atoms with E-state index in [1.165, 1.54) is 5.56 Å². The van der Waals surface area contributed by atoms with E-state index in [4.69, 9.17) is 4.74 Å². The molecule has 0 radical (unpaired) electrons. The number of carbonyl (C=O) groups is 1. The van der Waals surface area contributed by atoms with Gasteiger partial charge in [-0.25, -0.2) is 9.31 Å². The summed E-state index contributed by atoms with van der Waals surface area (Å²) in [5.74, 6) is 0. The predicted octanol–water partition coefficient (Wildman–Crippen LogP) is 2.60. The van der Waals surface area contributed by atoms with E-state index in [1.54, 1.807) is 0 Å². The van der Waals surface area contributed by atoms with Crippen LogP contribution in [0.25, 0.3) is 16.6 Å². The third-order valence-electron chi connectivity index (χ3n) is 6.76. The molecule has 2 aliphatic rings. The Morgan fingerprint density at radius 2 is 1.69 bits per heavy atom. The van der Waals surface area contributed by atoms with Crippen LogP contribution in [0.4, 0.5) is 16.2 Å². The Hall–Kier alpha value is -3.30. The number of rotatable bonds is 7. The highest BCUT2D eigenvalue weighted by atomic mass is 16.5. The quantitative estimate of drug-likeness (QED) is 0.510. The Morgan fingerprint density at radius 3 is 2.43 bits per heavy atom. The summed E-state index contributed by atoms with van der Waals surface area (Å²) in [6, 6.07) is 13.0. The molecule has 4 heterocycles. The maximum Gasteiger partial charge on any atom is 0.320 e. The molecular weight excluding hydrogens is 442 g/mol. The van der Waals surface area contributed by atoms with Crippen molar-refractivity contribution < 1.29 is 9.53 Å². The maximum absolute atomic E-state index is 12.8. The van der Waals surface area contributed by atoms with Crippen molar-refractivity contribution in [2.75, 3.05) is 82.3 Å². The summed E-state index contributed by atoms with van der Waals surface area (Å²) in [5, 5.41) is 11.3. The summed E-state index contributed by atoms with van der Waals surface area (Å²) in [7, 11) is 0. The van der Waals surface area contributed by atoms with Crippen LogP contribution in [0.3, 0.4) is 0 Å². The zero-order valence-electron chi connectivity index (χ0n) is 20.4. The summed E-state index contributed by atoms with van der Waals surface area (Å²) in [6.07, 6.45) is 3.94. The molecule has 35 heavy (non-hydrogen) atoms. The van der Waals surface area contributed by atoms with Gasteiger partial charge in [0.05, 0.1) is 24.4 Å². The molecule has 5 rings (SSSR count). The standard InChI is InChI=1S/C26H35N7O2/c1-2-27-9-10-28-23-5-3-21(4-6-23)22-19-25-24(7-8-29-33(25)20-22)30-11-13-31(14-12-30)26(34)32-15-17-35-18-16-32/h3-8,19-20,27-28H,2,9-18H2,1H3. The number of carbonyl (C=O) groups excluding carboxylic acids is 1. The highest BCUT2D eigenvalue weighted by Gasteiger charge is 2.27. The van der Waals surface area contributed by atoms with Gasteiger partial charge in [0, 0.05) is 76.0 Å². The highest BCUT2D eigenvalue weighted by Crippen LogP contribution is 2.29. The number of anilines is 2. The average molecular weight is 478 g/mol. The van der Waals surface area contributed by atoms with Crippen LogP contribution in [0.2, 0.25) is 0 Å². The first-order valence-corrected chi connectivity index (χ1v) is 12.6. The molecule has 1 aromatic carbocycles. The molecular formula is C26H35N7O2. The third-order valence-corrected chi connectivity index (χ3v) is 6.76. The van der Waals surface area contributed by atoms with Crippen LogP contribution in [-0.4, -0.2) is 97.6 Å². The second-order valence-electron chi connectivity index (χ2n) is 8.99. The highest BCUT2D eigenvalue weighted by molar-refractivity contribution is 5.81. The van der Waals surface area contributed by atoms with Crippen molar-refractivity contribution in [1.29, 1.82) is 0 Å². The van der Waals surface area contributed by atoms with Crippen LogP contribution in [0.1, 0.15) is 6.92 Å². The van der Waals surface area contributed by atoms with E-state index in [1.807, 2.05) is 20.5 Å². The van der Waals surface area contributed by atoms with Crippen LogP contribution in [0, 0.1) is 0 Å². The number of nitrogens with one attached hydrogen (secondary N) is 2. The van der Waals surface area contributed by atoms with Crippen LogP contribution in [-0.2, 0) is 4.74 Å². The Balaban J connectivity index is 1.25. The first kappa shape index (κ1) is 23.4. The Kier molecular flexibility index (Phi) is 7.34. The zero-order chi connectivity index (χ0) is 24.0. The average Bonchev–Trinajstić information content (AvgIpc) is 3.36. The molecule has 2 aliphatic heterocycles. The molecule has 2 amide bonds. The van der Waals surface area contributed by atoms with Gasteiger partial charge in [-0.15, -0.1) is 0 Å². The molecule has 2 N–H and O–H groups in total. The van der Waals surface area contributed by atoms with Gasteiger partial charge >= 0.3 is 6.03 Å². The summed E-state index contributed by atoms with van der Waals surface area (Å²) < 4.78 is 7.34. The van der Waals surface area contributed by atoms with Crippen molar-refractivity contribution in [3.05, 3.63) is 48.8 Å². The molecule has 9 heteroatoms. The van der Waals surface area contributed by atoms with Gasteiger partial charge in [0.25, 0.3) is 0 Å². The lowest BCUT2D eigenvalue weighted by atomic mass is 10.1. The normalized spacial score (nSPS) is 16.7. The van der Waals surface area contributed by atoms with E-state index >= 15 is 0 Å². The van der Waals surface area contributed by atoms with Crippen molar-refractivity contribution in [3.8, 4) is 11.1 Å². The van der Waals surface area contributed by atoms with E-state index in [2.05, 4.69) is 70.2 Å². The summed E-state index contributed by atoms with van der Waals surface area (Å²) >= 11 is 0. The monoisotopic (exact) mass is 477 g/mol. The fourth-order valence-corrected chi connectivity index (χ4v) is 4.77. The molecule has 3 aromatic rings. The second-order valence-corrected chi connectivity index (χ2v) is 8.99. The number of morpholine rings is 1. The fraction of sp³-hybridized carbons (Fsp3) is 0.462. The van der Waals surface area contributed by atoms with Gasteiger partial charge in [0.15, 0.2) is 0 Å². The number of likely N-dealkylation sites (N-methyl/N-ethyl adjacent to an activating group) is 1. The summed E-state index contributed by atoms with van der Waals surface area (Å²) in [5.41, 5.74) is 5.68. The lowest BCUT2D eigenvalue weighted by Crippen LogP contribution is -2.54. The molecule has 0 aliphatic carbocycles. The van der Waals surface area contributed by atoms with Crippen molar-refractivity contribution in [2.45, 2.75) is 6.92 Å². The molecule has 2 saturated heterocycles. The lowest BCUT2D eigenvalue weighted by Gasteiger charge is -2.39. The molecule has 0 atom stereocenters. The number of benzene rings is 1. The molecule has 186 valence electrons. The predicted molar refractivity (Wildman–Crippen MR) is 139 cm³/mol. The number of urea groups is 1. The van der Waals surface area contributed by atoms with Gasteiger partial charge in [-0.3, -0.25) is 0 Å². The van der Waals surface area contributed by atoms with Gasteiger partial charge < -0.3 is 30.1 Å². The molecule has 9 nitrogen and oxygen atoms in total. The van der Waals surface area contributed by atoms with E-state index in [9.17, 15) is 4.79 Å². The second kappa shape index (κ2) is 11.0. The first-order chi connectivity index (χ1) is 17.2. The third kappa shape index (κ3) is 5.36. The minimum atomic E-state index is 0.136. The SMILES string of the molecule is CCNCCNc1ccc(-c2cc3c(N4CCN(C(=O)N5CCOCC5)CC4)ccnn3c2)cc1. The van der Waals surface area contributed by atoms with E-state index in [0.29, 0.717) is 26.3 Å². The Bertz CT molecular complexity index is 1120. The number of aromatic nitrogens is 2. The van der Waals surface area contributed by atoms with Crippen LogP contribution in [0.15, 0.2) is 48.8 Å². The molecule has 0 bridgehead atoms. The molecule has 2 fully saturated rings. The van der Waals surface area contributed by atoms with Gasteiger partial charge in [-0.1, -0.05) is 19.1 Å². The van der Waals surface area contributed by atoms with Crippen LogP contribution >= 0.6 is 0 Å². The summed E-state index contributed by atoms with van der Waals surface area (Å²) in [6.45, 7) is 10.7. The number of piperazine rings is 1. The van der Waals surface area contributed by atoms with Crippen LogP contribution in [0.5, 0.6) is 0 Å². The van der Waals surface area contributed by atoms with Crippen LogP contribution < -0.4 is 15.5 Å². The van der Waals surface area contributed by atoms with Gasteiger partial charge in [0.2, 0.25) is 0 Å². The number of fused-ring (bicyclic) bond motifs is 1. The van der Waals surface area contributed by atoms with E-state index in [0.717, 1.165) is 68.3 Å². The number of hydrogen-bond donors (Lipinski definition) is 2. The van der Waals surface area contributed by atoms with Crippen molar-refractivity contribution in [1.82, 2.24) is 24.7 Å². The number of amides is 2. The Labute approximate surface area is 206 Å². The van der Waals surface area contributed by atoms with Crippen molar-refractivity contribution >= 4 is 22.9 Å². The number of nitrogens with zero attached hydrogens (tertiary/aromatic N) is 5. The smallest absolute Gasteiger partial charge is 0.320 e. The number of hydrogen-bond acceptors (Lipinski definition) is 6. The first-order valence-electron chi connectivity index (χ1n) is 12.6. The fourth-order valence-electron chi connectivity index (χ4n) is 4.77. The topological polar surface area (TPSA) is 77.4 Å². The van der Waals surface area contributed by atoms with E-state index in [-0.39, 0.29) is 6.03 Å². The molecule has 0 spiro atoms. The Morgan fingerprint density at radius 1 is 0.943 bits per heavy atom. The lowest BCUT2D eigenvalue weighted by molar-refractivity contribution is 0.0428. The van der Waals surface area contributed by atoms with Crippen molar-refractivity contribution in [2.24, 2.45) is 0 Å². The molecule has 0 saturated carbocycles. The molecule has 2 aromatic heterocycles.